The standard InChI is InChI=1S/C11H11O3.2CH3.Ce/c1-8-2-4-9(5-3-8)10(12)6-7-11(13)14;;;/h2-5H,1,6-7H2,(H,13,14);2*1H3;/q3*-1;+3. The largest absolute Gasteiger partial charge is 3.00 e. The van der Waals surface area contributed by atoms with Gasteiger partial charge in [-0.2, -0.15) is 24.6 Å². The maximum absolute atomic E-state index is 11.4. The number of carbonyl (C=O) groups is 2. The van der Waals surface area contributed by atoms with Gasteiger partial charge in [-0.1, -0.05) is 0 Å². The van der Waals surface area contributed by atoms with E-state index in [9.17, 15) is 9.59 Å². The molecular weight excluding hydrogens is 344 g/mol. The van der Waals surface area contributed by atoms with Gasteiger partial charge in [0, 0.05) is 6.42 Å². The molecule has 17 heavy (non-hydrogen) atoms. The maximum atomic E-state index is 11.4. The van der Waals surface area contributed by atoms with Gasteiger partial charge >= 0.3 is 47.7 Å². The molecule has 0 fully saturated rings. The number of carboxylic acids is 1. The molecule has 0 spiro atoms. The smallest absolute Gasteiger partial charge is 0.481 e. The van der Waals surface area contributed by atoms with Crippen molar-refractivity contribution in [2.75, 3.05) is 0 Å². The molecule has 1 N–H and O–H groups in total. The molecule has 0 amide bonds. The van der Waals surface area contributed by atoms with Crippen molar-refractivity contribution in [2.24, 2.45) is 0 Å². The predicted octanol–water partition coefficient (Wildman–Crippen LogP) is 2.82. The van der Waals surface area contributed by atoms with E-state index in [1.54, 1.807) is 24.3 Å². The van der Waals surface area contributed by atoms with Crippen LogP contribution >= 0.6 is 0 Å². The van der Waals surface area contributed by atoms with Crippen molar-refractivity contribution >= 4 is 11.8 Å². The van der Waals surface area contributed by atoms with Crippen LogP contribution in [0.2, 0.25) is 0 Å². The van der Waals surface area contributed by atoms with Crippen LogP contribution in [0.4, 0.5) is 0 Å². The van der Waals surface area contributed by atoms with E-state index in [1.165, 1.54) is 0 Å². The summed E-state index contributed by atoms with van der Waals surface area (Å²) >= 11 is 0. The molecule has 0 aliphatic carbocycles. The van der Waals surface area contributed by atoms with E-state index in [2.05, 4.69) is 6.92 Å². The Morgan fingerprint density at radius 1 is 1.06 bits per heavy atom. The second-order valence-electron chi connectivity index (χ2n) is 3.01. The minimum atomic E-state index is -0.952. The minimum absolute atomic E-state index is 0. The quantitative estimate of drug-likeness (QED) is 0.663. The number of ketones is 1. The Morgan fingerprint density at radius 2 is 1.53 bits per heavy atom. The average Bonchev–Trinajstić information content (AvgIpc) is 2.15. The van der Waals surface area contributed by atoms with Crippen molar-refractivity contribution in [1.29, 1.82) is 0 Å². The fraction of sp³-hybridized carbons (Fsp3) is 0.154. The molecule has 1 radical (unpaired) electrons. The molecule has 0 saturated heterocycles. The molecule has 0 aliphatic rings. The Bertz CT molecular complexity index is 344. The van der Waals surface area contributed by atoms with Gasteiger partial charge < -0.3 is 20.0 Å². The van der Waals surface area contributed by atoms with E-state index >= 15 is 0 Å². The molecule has 1 rings (SSSR count). The Kier molecular flexibility index (Phi) is 13.8. The molecule has 1 aromatic rings. The molecule has 3 nitrogen and oxygen atoms in total. The maximum Gasteiger partial charge on any atom is 3.00 e. The average molecular weight is 361 g/mol. The van der Waals surface area contributed by atoms with Gasteiger partial charge in [0.05, 0.1) is 6.42 Å². The fourth-order valence-electron chi connectivity index (χ4n) is 1.06. The van der Waals surface area contributed by atoms with Crippen LogP contribution in [0.3, 0.4) is 0 Å². The first-order valence-electron chi connectivity index (χ1n) is 4.26. The third-order valence-electron chi connectivity index (χ3n) is 1.84. The fourth-order valence-corrected chi connectivity index (χ4v) is 1.06. The third kappa shape index (κ3) is 8.35. The zero-order chi connectivity index (χ0) is 10.6. The first-order chi connectivity index (χ1) is 6.59. The van der Waals surface area contributed by atoms with Gasteiger partial charge in [-0.25, -0.2) is 0 Å². The van der Waals surface area contributed by atoms with Gasteiger partial charge in [0.25, 0.3) is 0 Å². The van der Waals surface area contributed by atoms with Gasteiger partial charge in [-0.3, -0.25) is 9.59 Å². The summed E-state index contributed by atoms with van der Waals surface area (Å²) in [7, 11) is 0. The number of benzene rings is 1. The summed E-state index contributed by atoms with van der Waals surface area (Å²) in [5.74, 6) is -1.10. The van der Waals surface area contributed by atoms with Crippen molar-refractivity contribution in [3.05, 3.63) is 57.2 Å². The van der Waals surface area contributed by atoms with E-state index in [0.29, 0.717) is 5.56 Å². The summed E-state index contributed by atoms with van der Waals surface area (Å²) in [6.07, 6.45) is -0.0726. The van der Waals surface area contributed by atoms with E-state index in [0.717, 1.165) is 5.56 Å². The normalized spacial score (nSPS) is 8.00. The molecule has 0 aliphatic heterocycles. The van der Waals surface area contributed by atoms with E-state index in [1.807, 2.05) is 0 Å². The summed E-state index contributed by atoms with van der Waals surface area (Å²) < 4.78 is 0. The van der Waals surface area contributed by atoms with Crippen LogP contribution in [0.5, 0.6) is 0 Å². The van der Waals surface area contributed by atoms with E-state index < -0.39 is 5.97 Å². The molecule has 0 saturated carbocycles. The van der Waals surface area contributed by atoms with Gasteiger partial charge in [-0.05, 0) is 5.56 Å². The number of carbonyl (C=O) groups excluding carboxylic acids is 1. The minimum Gasteiger partial charge on any atom is -0.481 e. The van der Waals surface area contributed by atoms with Crippen LogP contribution in [-0.4, -0.2) is 16.9 Å². The van der Waals surface area contributed by atoms with Crippen molar-refractivity contribution < 1.29 is 56.4 Å². The van der Waals surface area contributed by atoms with Gasteiger partial charge in [0.15, 0.2) is 5.78 Å². The number of aliphatic carboxylic acids is 1. The monoisotopic (exact) mass is 361 g/mol. The molecule has 1 aromatic carbocycles. The van der Waals surface area contributed by atoms with Crippen molar-refractivity contribution in [3.63, 3.8) is 0 Å². The van der Waals surface area contributed by atoms with Crippen LogP contribution in [0.15, 0.2) is 24.3 Å². The number of rotatable bonds is 4. The van der Waals surface area contributed by atoms with Crippen LogP contribution in [0, 0.1) is 63.5 Å². The molecule has 0 heterocycles. The number of hydrogen-bond acceptors (Lipinski definition) is 2. The Morgan fingerprint density at radius 3 is 1.94 bits per heavy atom. The van der Waals surface area contributed by atoms with Crippen LogP contribution in [0.1, 0.15) is 28.8 Å². The summed E-state index contributed by atoms with van der Waals surface area (Å²) in [5, 5.41) is 8.39. The topological polar surface area (TPSA) is 54.4 Å². The van der Waals surface area contributed by atoms with Gasteiger partial charge in [0.1, 0.15) is 0 Å². The van der Waals surface area contributed by atoms with Crippen molar-refractivity contribution in [1.82, 2.24) is 0 Å². The zero-order valence-electron chi connectivity index (χ0n) is 10.2. The van der Waals surface area contributed by atoms with Crippen LogP contribution in [0.25, 0.3) is 0 Å². The third-order valence-corrected chi connectivity index (χ3v) is 1.84. The zero-order valence-corrected chi connectivity index (χ0v) is 13.3. The van der Waals surface area contributed by atoms with Crippen molar-refractivity contribution in [2.45, 2.75) is 12.8 Å². The predicted molar refractivity (Wildman–Crippen MR) is 64.9 cm³/mol. The first-order valence-corrected chi connectivity index (χ1v) is 4.26. The summed E-state index contributed by atoms with van der Waals surface area (Å²) in [6, 6.07) is 6.78. The molecule has 0 bridgehead atoms. The molecule has 4 heteroatoms. The molecule has 0 aromatic heterocycles. The van der Waals surface area contributed by atoms with Gasteiger partial charge in [0.2, 0.25) is 0 Å². The molecule has 0 atom stereocenters. The summed E-state index contributed by atoms with van der Waals surface area (Å²) in [6.45, 7) is 3.69. The second kappa shape index (κ2) is 10.7. The Balaban J connectivity index is -0.000000653. The summed E-state index contributed by atoms with van der Waals surface area (Å²) in [4.78, 5) is 21.6. The number of Topliss-reactive ketones (excluding diaryl/α,β-unsaturated/α-hetero) is 1. The number of carboxylic acid groups (broad SMARTS) is 1. The Labute approximate surface area is 137 Å². The molecule has 91 valence electrons. The first kappa shape index (κ1) is 21.8. The SMILES string of the molecule is [CH2-]c1ccc(C(=O)CCC(=O)O)cc1.[CH3-].[CH3-].[Ce+3]. The second-order valence-corrected chi connectivity index (χ2v) is 3.01. The van der Waals surface area contributed by atoms with Crippen molar-refractivity contribution in [3.8, 4) is 0 Å². The van der Waals surface area contributed by atoms with Crippen LogP contribution < -0.4 is 0 Å². The van der Waals surface area contributed by atoms with Crippen LogP contribution in [-0.2, 0) is 4.79 Å². The summed E-state index contributed by atoms with van der Waals surface area (Å²) in [5.41, 5.74) is 1.37. The van der Waals surface area contributed by atoms with E-state index in [4.69, 9.17) is 5.11 Å². The molecular formula is C13H17CeO3. The number of hydrogen-bond donors (Lipinski definition) is 1. The van der Waals surface area contributed by atoms with E-state index in [-0.39, 0.29) is 75.2 Å². The molecule has 0 unspecified atom stereocenters. The Hall–Kier alpha value is -0.393. The van der Waals surface area contributed by atoms with Gasteiger partial charge in [-0.15, -0.1) is 12.1 Å².